The molecule has 0 rings (SSSR count). The van der Waals surface area contributed by atoms with E-state index in [4.69, 9.17) is 9.47 Å². The number of unbranched alkanes of at least 4 members (excludes halogenated alkanes) is 15. The molecule has 0 radical (unpaired) electrons. The number of carbonyl (C=O) groups is 2. The Kier molecular flexibility index (Phi) is 40.1. The SMILES string of the molecule is CC/C=C/C/C=C/C/C=C/C/C=C/C/C=C/CCCCCC(=O)OC[C@H](CO)OC(=O)CCCCCCCCCCC/C=C/C/C=C/CCCCC. The van der Waals surface area contributed by atoms with Gasteiger partial charge in [-0.3, -0.25) is 9.59 Å². The van der Waals surface area contributed by atoms with Crippen LogP contribution in [0.2, 0.25) is 0 Å². The van der Waals surface area contributed by atoms with Crippen molar-refractivity contribution in [2.45, 2.75) is 187 Å². The number of ether oxygens (including phenoxy) is 2. The van der Waals surface area contributed by atoms with Crippen LogP contribution >= 0.6 is 0 Å². The topological polar surface area (TPSA) is 72.8 Å². The highest BCUT2D eigenvalue weighted by atomic mass is 16.6. The summed E-state index contributed by atoms with van der Waals surface area (Å²) >= 11 is 0. The molecule has 0 spiro atoms. The number of aliphatic hydroxyl groups is 1. The Morgan fingerprint density at radius 3 is 1.27 bits per heavy atom. The molecule has 0 bridgehead atoms. The van der Waals surface area contributed by atoms with E-state index in [1.807, 2.05) is 0 Å². The highest BCUT2D eigenvalue weighted by molar-refractivity contribution is 5.70. The molecule has 0 fully saturated rings. The van der Waals surface area contributed by atoms with E-state index in [2.05, 4.69) is 98.9 Å². The summed E-state index contributed by atoms with van der Waals surface area (Å²) < 4.78 is 10.6. The maximum absolute atomic E-state index is 12.2. The smallest absolute Gasteiger partial charge is 0.306 e. The molecular weight excluding hydrogens is 645 g/mol. The third-order valence-corrected chi connectivity index (χ3v) is 8.67. The van der Waals surface area contributed by atoms with Gasteiger partial charge in [0.25, 0.3) is 0 Å². The number of hydrogen-bond acceptors (Lipinski definition) is 5. The largest absolute Gasteiger partial charge is 0.462 e. The first-order valence-electron chi connectivity index (χ1n) is 21.1. The van der Waals surface area contributed by atoms with Crippen molar-refractivity contribution in [1.82, 2.24) is 0 Å². The summed E-state index contributed by atoms with van der Waals surface area (Å²) in [6.45, 7) is 3.96. The van der Waals surface area contributed by atoms with Crippen molar-refractivity contribution in [2.24, 2.45) is 0 Å². The first kappa shape index (κ1) is 49.1. The molecule has 0 aliphatic carbocycles. The molecule has 0 aliphatic rings. The van der Waals surface area contributed by atoms with Crippen LogP contribution in [-0.2, 0) is 19.1 Å². The van der Waals surface area contributed by atoms with Crippen LogP contribution < -0.4 is 0 Å². The summed E-state index contributed by atoms with van der Waals surface area (Å²) in [6, 6.07) is 0. The summed E-state index contributed by atoms with van der Waals surface area (Å²) in [7, 11) is 0. The minimum Gasteiger partial charge on any atom is -0.462 e. The fraction of sp³-hybridized carbons (Fsp3) is 0.660. The van der Waals surface area contributed by atoms with E-state index in [0.29, 0.717) is 12.8 Å². The number of carbonyl (C=O) groups excluding carboxylic acids is 2. The number of allylic oxidation sites excluding steroid dienone is 14. The van der Waals surface area contributed by atoms with Crippen LogP contribution in [0.15, 0.2) is 85.1 Å². The number of rotatable bonds is 37. The Balaban J connectivity index is 3.64. The van der Waals surface area contributed by atoms with Gasteiger partial charge in [-0.15, -0.1) is 0 Å². The van der Waals surface area contributed by atoms with Gasteiger partial charge in [0.15, 0.2) is 6.10 Å². The van der Waals surface area contributed by atoms with Crippen LogP contribution in [-0.4, -0.2) is 36.4 Å². The number of esters is 2. The second kappa shape index (κ2) is 42.5. The number of aliphatic hydroxyl groups excluding tert-OH is 1. The summed E-state index contributed by atoms with van der Waals surface area (Å²) in [5.74, 6) is -0.639. The number of hydrogen-bond donors (Lipinski definition) is 1. The van der Waals surface area contributed by atoms with Gasteiger partial charge in [0.2, 0.25) is 0 Å². The fourth-order valence-corrected chi connectivity index (χ4v) is 5.49. The molecule has 0 aromatic heterocycles. The second-order valence-corrected chi connectivity index (χ2v) is 13.7. The van der Waals surface area contributed by atoms with E-state index < -0.39 is 6.10 Å². The predicted octanol–water partition coefficient (Wildman–Crippen LogP) is 13.5. The van der Waals surface area contributed by atoms with Crippen LogP contribution in [0.1, 0.15) is 181 Å². The molecule has 0 saturated heterocycles. The molecule has 0 aromatic carbocycles. The van der Waals surface area contributed by atoms with Crippen LogP contribution in [0.25, 0.3) is 0 Å². The molecule has 1 N–H and O–H groups in total. The molecule has 0 saturated carbocycles. The third-order valence-electron chi connectivity index (χ3n) is 8.67. The lowest BCUT2D eigenvalue weighted by atomic mass is 10.1. The van der Waals surface area contributed by atoms with E-state index in [9.17, 15) is 14.7 Å². The van der Waals surface area contributed by atoms with Gasteiger partial charge in [0.05, 0.1) is 6.61 Å². The summed E-state index contributed by atoms with van der Waals surface area (Å²) in [6.07, 6.45) is 57.9. The molecule has 0 amide bonds. The minimum absolute atomic E-state index is 0.0894. The Morgan fingerprint density at radius 1 is 0.462 bits per heavy atom. The van der Waals surface area contributed by atoms with Crippen molar-refractivity contribution in [1.29, 1.82) is 0 Å². The molecule has 1 atom stereocenters. The van der Waals surface area contributed by atoms with Gasteiger partial charge in [-0.2, -0.15) is 0 Å². The lowest BCUT2D eigenvalue weighted by Crippen LogP contribution is -2.28. The van der Waals surface area contributed by atoms with Gasteiger partial charge in [0.1, 0.15) is 6.61 Å². The quantitative estimate of drug-likeness (QED) is 0.0393. The molecule has 0 heterocycles. The third kappa shape index (κ3) is 39.9. The first-order valence-corrected chi connectivity index (χ1v) is 21.1. The van der Waals surface area contributed by atoms with Crippen molar-refractivity contribution >= 4 is 11.9 Å². The summed E-state index contributed by atoms with van der Waals surface area (Å²) in [4.78, 5) is 24.3. The first-order chi connectivity index (χ1) is 25.6. The van der Waals surface area contributed by atoms with Crippen LogP contribution in [0.3, 0.4) is 0 Å². The van der Waals surface area contributed by atoms with Gasteiger partial charge < -0.3 is 14.6 Å². The zero-order valence-corrected chi connectivity index (χ0v) is 33.5. The van der Waals surface area contributed by atoms with Crippen LogP contribution in [0.4, 0.5) is 0 Å². The molecule has 0 aliphatic heterocycles. The normalized spacial score (nSPS) is 13.1. The minimum atomic E-state index is -0.792. The van der Waals surface area contributed by atoms with E-state index in [0.717, 1.165) is 83.5 Å². The van der Waals surface area contributed by atoms with E-state index >= 15 is 0 Å². The maximum Gasteiger partial charge on any atom is 0.306 e. The lowest BCUT2D eigenvalue weighted by molar-refractivity contribution is -0.161. The molecular formula is C47H78O5. The predicted molar refractivity (Wildman–Crippen MR) is 223 cm³/mol. The Morgan fingerprint density at radius 2 is 0.827 bits per heavy atom. The van der Waals surface area contributed by atoms with E-state index in [-0.39, 0.29) is 25.2 Å². The van der Waals surface area contributed by atoms with Crippen molar-refractivity contribution in [2.75, 3.05) is 13.2 Å². The average Bonchev–Trinajstić information content (AvgIpc) is 3.15. The fourth-order valence-electron chi connectivity index (χ4n) is 5.49. The van der Waals surface area contributed by atoms with Crippen molar-refractivity contribution in [3.05, 3.63) is 85.1 Å². The van der Waals surface area contributed by atoms with Gasteiger partial charge >= 0.3 is 11.9 Å². The second-order valence-electron chi connectivity index (χ2n) is 13.7. The van der Waals surface area contributed by atoms with Gasteiger partial charge in [-0.1, -0.05) is 163 Å². The van der Waals surface area contributed by atoms with Gasteiger partial charge in [-0.25, -0.2) is 0 Å². The van der Waals surface area contributed by atoms with Crippen LogP contribution in [0, 0.1) is 0 Å². The standard InChI is InChI=1S/C47H78O5/c1-3-5-7-9-11-13-15-17-19-21-23-25-27-29-31-33-35-37-39-41-46(49)51-44-45(43-48)52-47(50)42-40-38-36-34-32-30-28-26-24-22-20-18-16-14-12-10-8-6-4-2/h5,7,11-14,17-20,23,25,29,31,45,48H,3-4,6,8-10,15-16,21-22,24,26-28,30,32-44H2,1-2H3/b7-5+,13-11+,14-12+,19-17+,20-18+,25-23+,31-29+/t45-/m0/s1. The maximum atomic E-state index is 12.2. The molecule has 296 valence electrons. The molecule has 52 heavy (non-hydrogen) atoms. The Hall–Kier alpha value is -2.92. The monoisotopic (exact) mass is 723 g/mol. The highest BCUT2D eigenvalue weighted by Crippen LogP contribution is 2.13. The average molecular weight is 723 g/mol. The van der Waals surface area contributed by atoms with Crippen molar-refractivity contribution in [3.8, 4) is 0 Å². The lowest BCUT2D eigenvalue weighted by Gasteiger charge is -2.15. The van der Waals surface area contributed by atoms with Gasteiger partial charge in [-0.05, 0) is 89.9 Å². The molecule has 5 nitrogen and oxygen atoms in total. The Bertz CT molecular complexity index is 999. The van der Waals surface area contributed by atoms with Crippen molar-refractivity contribution < 1.29 is 24.2 Å². The highest BCUT2D eigenvalue weighted by Gasteiger charge is 2.16. The summed E-state index contributed by atoms with van der Waals surface area (Å²) in [5.41, 5.74) is 0. The van der Waals surface area contributed by atoms with Gasteiger partial charge in [0, 0.05) is 12.8 Å². The molecule has 0 unspecified atom stereocenters. The Labute approximate surface area is 320 Å². The zero-order valence-electron chi connectivity index (χ0n) is 33.5. The van der Waals surface area contributed by atoms with Crippen molar-refractivity contribution in [3.63, 3.8) is 0 Å². The van der Waals surface area contributed by atoms with Crippen LogP contribution in [0.5, 0.6) is 0 Å². The molecule has 0 aromatic rings. The van der Waals surface area contributed by atoms with E-state index in [1.54, 1.807) is 0 Å². The molecule has 5 heteroatoms. The zero-order chi connectivity index (χ0) is 37.8. The van der Waals surface area contributed by atoms with E-state index in [1.165, 1.54) is 70.6 Å². The summed E-state index contributed by atoms with van der Waals surface area (Å²) in [5, 5.41) is 9.58.